The molecule has 0 radical (unpaired) electrons. The number of anilines is 2. The molecule has 0 saturated carbocycles. The minimum atomic E-state index is -0.328. The highest BCUT2D eigenvalue weighted by Crippen LogP contribution is 2.42. The Balaban J connectivity index is 1.29. The van der Waals surface area contributed by atoms with E-state index in [1.54, 1.807) is 23.1 Å². The first-order valence-electron chi connectivity index (χ1n) is 15.4. The van der Waals surface area contributed by atoms with Crippen LogP contribution in [0, 0.1) is 5.82 Å². The average molecular weight is 575 g/mol. The number of rotatable bonds is 6. The van der Waals surface area contributed by atoms with Crippen LogP contribution in [0.25, 0.3) is 10.8 Å². The summed E-state index contributed by atoms with van der Waals surface area (Å²) in [5.74, 6) is 0.0129. The molecular weight excluding hydrogens is 535 g/mol. The average Bonchev–Trinajstić information content (AvgIpc) is 3.60. The van der Waals surface area contributed by atoms with Gasteiger partial charge in [-0.3, -0.25) is 9.69 Å². The third-order valence-corrected chi connectivity index (χ3v) is 9.84. The molecule has 4 aliphatic heterocycles. The molecular formula is C32H39FN6O3. The Kier molecular flexibility index (Phi) is 6.93. The van der Waals surface area contributed by atoms with E-state index in [2.05, 4.69) is 9.80 Å². The van der Waals surface area contributed by atoms with Crippen molar-refractivity contribution in [3.8, 4) is 11.8 Å². The standard InChI is InChI=1S/C32H39FN6O3/c1-2-23-24(33)8-7-20-16-22(40)17-26(27(20)23)39-18-25-28(30(39)41)29(37-12-3-6-21(34)9-15-37)36-31(35-25)42-19-32-10-4-13-38(32)14-5-11-32/h7-8,16-17,21,40H,2-6,9-15,18-19,34H2,1H3. The molecule has 4 aliphatic rings. The Morgan fingerprint density at radius 2 is 1.90 bits per heavy atom. The van der Waals surface area contributed by atoms with Gasteiger partial charge in [-0.15, -0.1) is 0 Å². The van der Waals surface area contributed by atoms with Gasteiger partial charge < -0.3 is 25.4 Å². The van der Waals surface area contributed by atoms with Gasteiger partial charge in [0.1, 0.15) is 29.6 Å². The van der Waals surface area contributed by atoms with Crippen LogP contribution in [0.1, 0.15) is 73.5 Å². The van der Waals surface area contributed by atoms with E-state index in [1.807, 2.05) is 6.92 Å². The number of phenols is 1. The number of phenolic OH excluding ortho intramolecular Hbond substituents is 1. The molecule has 3 N–H and O–H groups in total. The number of benzene rings is 2. The summed E-state index contributed by atoms with van der Waals surface area (Å²) in [5, 5.41) is 11.9. The Labute approximate surface area is 245 Å². The van der Waals surface area contributed by atoms with Crippen molar-refractivity contribution in [2.75, 3.05) is 42.6 Å². The fraction of sp³-hybridized carbons (Fsp3) is 0.531. The number of nitrogens with zero attached hydrogens (tertiary/aromatic N) is 5. The number of hydrogen-bond acceptors (Lipinski definition) is 8. The summed E-state index contributed by atoms with van der Waals surface area (Å²) in [6.45, 7) is 6.25. The van der Waals surface area contributed by atoms with Gasteiger partial charge in [0.25, 0.3) is 5.91 Å². The Morgan fingerprint density at radius 3 is 2.69 bits per heavy atom. The van der Waals surface area contributed by atoms with Crippen LogP contribution in [0.15, 0.2) is 24.3 Å². The lowest BCUT2D eigenvalue weighted by atomic mass is 9.95. The molecule has 1 amide bonds. The molecule has 3 saturated heterocycles. The molecule has 42 heavy (non-hydrogen) atoms. The summed E-state index contributed by atoms with van der Waals surface area (Å²) < 4.78 is 21.3. The maximum absolute atomic E-state index is 15.0. The minimum absolute atomic E-state index is 0.0173. The van der Waals surface area contributed by atoms with Crippen LogP contribution in [0.4, 0.5) is 15.9 Å². The number of aromatic hydroxyl groups is 1. The first kappa shape index (κ1) is 27.3. The fourth-order valence-electron chi connectivity index (χ4n) is 7.68. The van der Waals surface area contributed by atoms with Crippen molar-refractivity contribution < 1.29 is 19.0 Å². The van der Waals surface area contributed by atoms with E-state index in [4.69, 9.17) is 20.4 Å². The minimum Gasteiger partial charge on any atom is -0.508 e. The molecule has 1 atom stereocenters. The Bertz CT molecular complexity index is 1540. The number of halogens is 1. The van der Waals surface area contributed by atoms with Crippen molar-refractivity contribution >= 4 is 28.2 Å². The number of carbonyl (C=O) groups is 1. The number of aryl methyl sites for hydroxylation is 1. The second-order valence-corrected chi connectivity index (χ2v) is 12.4. The zero-order chi connectivity index (χ0) is 29.0. The van der Waals surface area contributed by atoms with Crippen LogP contribution < -0.4 is 20.3 Å². The molecule has 0 spiro atoms. The summed E-state index contributed by atoms with van der Waals surface area (Å²) in [6, 6.07) is 6.63. The molecule has 10 heteroatoms. The molecule has 2 aromatic carbocycles. The van der Waals surface area contributed by atoms with Gasteiger partial charge in [-0.05, 0) is 87.5 Å². The highest BCUT2D eigenvalue weighted by molar-refractivity contribution is 6.16. The van der Waals surface area contributed by atoms with Gasteiger partial charge in [0.15, 0.2) is 0 Å². The fourth-order valence-corrected chi connectivity index (χ4v) is 7.68. The number of fused-ring (bicyclic) bond motifs is 3. The molecule has 3 aromatic rings. The number of hydrogen-bond donors (Lipinski definition) is 2. The monoisotopic (exact) mass is 574 g/mol. The van der Waals surface area contributed by atoms with E-state index < -0.39 is 0 Å². The van der Waals surface area contributed by atoms with Crippen LogP contribution in [0.3, 0.4) is 0 Å². The van der Waals surface area contributed by atoms with Gasteiger partial charge in [0.2, 0.25) is 0 Å². The van der Waals surface area contributed by atoms with Crippen molar-refractivity contribution in [3.63, 3.8) is 0 Å². The predicted octanol–water partition coefficient (Wildman–Crippen LogP) is 4.52. The second-order valence-electron chi connectivity index (χ2n) is 12.4. The highest BCUT2D eigenvalue weighted by atomic mass is 19.1. The summed E-state index contributed by atoms with van der Waals surface area (Å²) in [4.78, 5) is 30.2. The smallest absolute Gasteiger partial charge is 0.318 e. The van der Waals surface area contributed by atoms with Crippen LogP contribution in [0.2, 0.25) is 0 Å². The van der Waals surface area contributed by atoms with E-state index >= 15 is 0 Å². The predicted molar refractivity (Wildman–Crippen MR) is 160 cm³/mol. The maximum Gasteiger partial charge on any atom is 0.318 e. The van der Waals surface area contributed by atoms with Crippen molar-refractivity contribution in [2.24, 2.45) is 5.73 Å². The topological polar surface area (TPSA) is 108 Å². The van der Waals surface area contributed by atoms with Crippen molar-refractivity contribution in [3.05, 3.63) is 46.9 Å². The lowest BCUT2D eigenvalue weighted by Crippen LogP contribution is -2.43. The quantitative estimate of drug-likeness (QED) is 0.443. The zero-order valence-electron chi connectivity index (χ0n) is 24.2. The summed E-state index contributed by atoms with van der Waals surface area (Å²) >= 11 is 0. The van der Waals surface area contributed by atoms with Crippen molar-refractivity contribution in [1.29, 1.82) is 0 Å². The van der Waals surface area contributed by atoms with Crippen molar-refractivity contribution in [1.82, 2.24) is 14.9 Å². The first-order valence-corrected chi connectivity index (χ1v) is 15.4. The third kappa shape index (κ3) is 4.55. The summed E-state index contributed by atoms with van der Waals surface area (Å²) in [5.41, 5.74) is 8.37. The van der Waals surface area contributed by atoms with Gasteiger partial charge in [-0.2, -0.15) is 9.97 Å². The van der Waals surface area contributed by atoms with E-state index in [1.165, 1.54) is 18.9 Å². The van der Waals surface area contributed by atoms with Gasteiger partial charge in [-0.1, -0.05) is 13.0 Å². The Hall–Kier alpha value is -3.50. The van der Waals surface area contributed by atoms with Gasteiger partial charge in [0.05, 0.1) is 23.5 Å². The maximum atomic E-state index is 15.0. The normalized spacial score (nSPS) is 22.1. The number of nitrogens with two attached hydrogens (primary N) is 1. The Morgan fingerprint density at radius 1 is 1.10 bits per heavy atom. The van der Waals surface area contributed by atoms with Crippen LogP contribution in [0.5, 0.6) is 11.8 Å². The summed E-state index contributed by atoms with van der Waals surface area (Å²) in [7, 11) is 0. The first-order chi connectivity index (χ1) is 20.4. The molecule has 3 fully saturated rings. The molecule has 7 rings (SSSR count). The lowest BCUT2D eigenvalue weighted by molar-refractivity contribution is 0.0996. The van der Waals surface area contributed by atoms with E-state index in [-0.39, 0.29) is 35.6 Å². The van der Waals surface area contributed by atoms with E-state index in [9.17, 15) is 14.3 Å². The van der Waals surface area contributed by atoms with Crippen LogP contribution in [-0.2, 0) is 13.0 Å². The molecule has 0 aliphatic carbocycles. The lowest BCUT2D eigenvalue weighted by Gasteiger charge is -2.31. The zero-order valence-corrected chi connectivity index (χ0v) is 24.2. The van der Waals surface area contributed by atoms with Crippen LogP contribution in [-0.4, -0.2) is 70.2 Å². The van der Waals surface area contributed by atoms with E-state index in [0.717, 1.165) is 51.7 Å². The third-order valence-electron chi connectivity index (χ3n) is 9.84. The molecule has 1 unspecified atom stereocenters. The number of aromatic nitrogens is 2. The largest absolute Gasteiger partial charge is 0.508 e. The number of carbonyl (C=O) groups excluding carboxylic acids is 1. The molecule has 222 valence electrons. The summed E-state index contributed by atoms with van der Waals surface area (Å²) in [6.07, 6.45) is 7.66. The van der Waals surface area contributed by atoms with Crippen LogP contribution >= 0.6 is 0 Å². The number of ether oxygens (including phenoxy) is 1. The molecule has 0 bridgehead atoms. The van der Waals surface area contributed by atoms with Gasteiger partial charge in [-0.25, -0.2) is 4.39 Å². The van der Waals surface area contributed by atoms with Gasteiger partial charge in [0, 0.05) is 30.6 Å². The SMILES string of the molecule is CCc1c(F)ccc2cc(O)cc(N3Cc4nc(OCC56CCCN5CCC6)nc(N5CCCC(N)CC5)c4C3=O)c12. The molecule has 1 aromatic heterocycles. The molecule has 9 nitrogen and oxygen atoms in total. The second kappa shape index (κ2) is 10.6. The molecule has 5 heterocycles. The highest BCUT2D eigenvalue weighted by Gasteiger charge is 2.45. The van der Waals surface area contributed by atoms with Gasteiger partial charge >= 0.3 is 6.01 Å². The van der Waals surface area contributed by atoms with E-state index in [0.29, 0.717) is 64.7 Å². The number of amides is 1. The van der Waals surface area contributed by atoms with Crippen molar-refractivity contribution in [2.45, 2.75) is 76.4 Å².